The molecule has 2 aromatic carbocycles. The van der Waals surface area contributed by atoms with Crippen molar-refractivity contribution in [1.29, 1.82) is 0 Å². The van der Waals surface area contributed by atoms with Gasteiger partial charge in [-0.05, 0) is 63.1 Å². The maximum absolute atomic E-state index is 12.4. The Morgan fingerprint density at radius 3 is 2.42 bits per heavy atom. The maximum atomic E-state index is 12.4. The highest BCUT2D eigenvalue weighted by molar-refractivity contribution is 7.99. The Balaban J connectivity index is 1.58. The van der Waals surface area contributed by atoms with Gasteiger partial charge in [0.05, 0.1) is 12.3 Å². The van der Waals surface area contributed by atoms with Crippen LogP contribution in [-0.4, -0.2) is 32.3 Å². The maximum Gasteiger partial charge on any atom is 0.251 e. The number of carbonyl (C=O) groups is 2. The van der Waals surface area contributed by atoms with E-state index >= 15 is 0 Å². The number of hydrogen-bond donors (Lipinski definition) is 2. The smallest absolute Gasteiger partial charge is 0.251 e. The van der Waals surface area contributed by atoms with Crippen molar-refractivity contribution in [2.24, 2.45) is 0 Å². The number of thioether (sulfide) groups is 1. The van der Waals surface area contributed by atoms with Crippen molar-refractivity contribution >= 4 is 29.3 Å². The minimum absolute atomic E-state index is 0.102. The van der Waals surface area contributed by atoms with Gasteiger partial charge in [0, 0.05) is 17.8 Å². The summed E-state index contributed by atoms with van der Waals surface area (Å²) >= 11 is 1.33. The second-order valence-electron chi connectivity index (χ2n) is 7.41. The molecule has 162 valence electrons. The molecule has 2 amide bonds. The number of anilines is 1. The molecule has 8 heteroatoms. The predicted octanol–water partition coefficient (Wildman–Crippen LogP) is 3.88. The lowest BCUT2D eigenvalue weighted by Crippen LogP contribution is -2.25. The Labute approximate surface area is 186 Å². The summed E-state index contributed by atoms with van der Waals surface area (Å²) in [6.45, 7) is 8.84. The van der Waals surface area contributed by atoms with E-state index in [9.17, 15) is 9.59 Å². The fourth-order valence-corrected chi connectivity index (χ4v) is 4.12. The first-order valence-electron chi connectivity index (χ1n) is 10.1. The largest absolute Gasteiger partial charge is 0.345 e. The zero-order valence-corrected chi connectivity index (χ0v) is 19.0. The molecule has 1 aromatic heterocycles. The topological polar surface area (TPSA) is 88.9 Å². The van der Waals surface area contributed by atoms with Crippen molar-refractivity contribution in [2.45, 2.75) is 45.9 Å². The number of nitrogens with one attached hydrogen (secondary N) is 2. The predicted molar refractivity (Wildman–Crippen MR) is 123 cm³/mol. The van der Waals surface area contributed by atoms with Gasteiger partial charge in [-0.25, -0.2) is 0 Å². The second kappa shape index (κ2) is 10.3. The molecule has 0 aliphatic heterocycles. The number of nitrogens with zero attached hydrogens (tertiary/aromatic N) is 3. The normalized spacial score (nSPS) is 10.7. The van der Waals surface area contributed by atoms with Gasteiger partial charge in [-0.15, -0.1) is 10.2 Å². The van der Waals surface area contributed by atoms with E-state index in [1.807, 2.05) is 62.6 Å². The first-order valence-corrected chi connectivity index (χ1v) is 11.1. The number of rotatable bonds is 8. The summed E-state index contributed by atoms with van der Waals surface area (Å²) in [5, 5.41) is 14.9. The number of amides is 2. The minimum Gasteiger partial charge on any atom is -0.345 e. The standard InChI is InChI=1S/C23H27N5O2S/c1-5-28-20(13-24-22(30)18-8-6-7-15(2)10-18)26-27-23(28)31-14-21(29)25-19-11-16(3)9-17(4)12-19/h6-12H,5,13-14H2,1-4H3,(H,24,30)(H,25,29). The highest BCUT2D eigenvalue weighted by atomic mass is 32.2. The van der Waals surface area contributed by atoms with E-state index in [4.69, 9.17) is 0 Å². The molecule has 0 atom stereocenters. The quantitative estimate of drug-likeness (QED) is 0.522. The van der Waals surface area contributed by atoms with Crippen LogP contribution in [0.25, 0.3) is 0 Å². The molecule has 3 rings (SSSR count). The fourth-order valence-electron chi connectivity index (χ4n) is 3.30. The lowest BCUT2D eigenvalue weighted by Gasteiger charge is -2.09. The summed E-state index contributed by atoms with van der Waals surface area (Å²) < 4.78 is 1.91. The van der Waals surface area contributed by atoms with Crippen LogP contribution in [0.4, 0.5) is 5.69 Å². The van der Waals surface area contributed by atoms with Crippen molar-refractivity contribution in [3.8, 4) is 0 Å². The van der Waals surface area contributed by atoms with Gasteiger partial charge < -0.3 is 15.2 Å². The zero-order valence-electron chi connectivity index (χ0n) is 18.2. The van der Waals surface area contributed by atoms with Gasteiger partial charge in [-0.3, -0.25) is 9.59 Å². The van der Waals surface area contributed by atoms with Gasteiger partial charge in [0.2, 0.25) is 5.91 Å². The number of aryl methyl sites for hydroxylation is 3. The van der Waals surface area contributed by atoms with Crippen LogP contribution in [0.5, 0.6) is 0 Å². The van der Waals surface area contributed by atoms with E-state index in [0.717, 1.165) is 22.4 Å². The molecule has 0 fully saturated rings. The summed E-state index contributed by atoms with van der Waals surface area (Å²) in [5.41, 5.74) is 4.64. The van der Waals surface area contributed by atoms with Gasteiger partial charge >= 0.3 is 0 Å². The number of benzene rings is 2. The monoisotopic (exact) mass is 437 g/mol. The van der Waals surface area contributed by atoms with E-state index in [-0.39, 0.29) is 24.1 Å². The molecule has 2 N–H and O–H groups in total. The number of carbonyl (C=O) groups excluding carboxylic acids is 2. The first-order chi connectivity index (χ1) is 14.9. The van der Waals surface area contributed by atoms with E-state index in [0.29, 0.717) is 23.1 Å². The highest BCUT2D eigenvalue weighted by Crippen LogP contribution is 2.19. The molecule has 7 nitrogen and oxygen atoms in total. The third-order valence-electron chi connectivity index (χ3n) is 4.63. The van der Waals surface area contributed by atoms with E-state index in [1.165, 1.54) is 11.8 Å². The number of aromatic nitrogens is 3. The molecule has 0 saturated heterocycles. The molecule has 0 aliphatic carbocycles. The van der Waals surface area contributed by atoms with E-state index in [2.05, 4.69) is 26.9 Å². The molecule has 0 spiro atoms. The molecular formula is C23H27N5O2S. The third-order valence-corrected chi connectivity index (χ3v) is 5.60. The zero-order chi connectivity index (χ0) is 22.4. The average molecular weight is 438 g/mol. The van der Waals surface area contributed by atoms with Crippen LogP contribution in [0.1, 0.15) is 39.8 Å². The van der Waals surface area contributed by atoms with Crippen LogP contribution >= 0.6 is 11.8 Å². The lowest BCUT2D eigenvalue weighted by molar-refractivity contribution is -0.113. The summed E-state index contributed by atoms with van der Waals surface area (Å²) in [6, 6.07) is 13.4. The fraction of sp³-hybridized carbons (Fsp3) is 0.304. The van der Waals surface area contributed by atoms with Gasteiger partial charge in [-0.1, -0.05) is 35.5 Å². The highest BCUT2D eigenvalue weighted by Gasteiger charge is 2.15. The Hall–Kier alpha value is -3.13. The molecule has 31 heavy (non-hydrogen) atoms. The van der Waals surface area contributed by atoms with Crippen molar-refractivity contribution in [3.05, 3.63) is 70.5 Å². The summed E-state index contributed by atoms with van der Waals surface area (Å²) in [5.74, 6) is 0.618. The Bertz CT molecular complexity index is 1070. The summed E-state index contributed by atoms with van der Waals surface area (Å²) in [4.78, 5) is 24.8. The number of hydrogen-bond acceptors (Lipinski definition) is 5. The van der Waals surface area contributed by atoms with Crippen molar-refractivity contribution < 1.29 is 9.59 Å². The average Bonchev–Trinajstić information content (AvgIpc) is 3.11. The van der Waals surface area contributed by atoms with Gasteiger partial charge in [-0.2, -0.15) is 0 Å². The molecule has 0 unspecified atom stereocenters. The van der Waals surface area contributed by atoms with Crippen molar-refractivity contribution in [3.63, 3.8) is 0 Å². The molecule has 1 heterocycles. The summed E-state index contributed by atoms with van der Waals surface area (Å²) in [7, 11) is 0. The Kier molecular flexibility index (Phi) is 7.46. The molecule has 0 bridgehead atoms. The van der Waals surface area contributed by atoms with E-state index in [1.54, 1.807) is 6.07 Å². The molecular weight excluding hydrogens is 410 g/mol. The first kappa shape index (κ1) is 22.6. The van der Waals surface area contributed by atoms with Gasteiger partial charge in [0.15, 0.2) is 11.0 Å². The molecule has 0 saturated carbocycles. The second-order valence-corrected chi connectivity index (χ2v) is 8.35. The summed E-state index contributed by atoms with van der Waals surface area (Å²) in [6.07, 6.45) is 0. The van der Waals surface area contributed by atoms with Crippen LogP contribution in [-0.2, 0) is 17.9 Å². The van der Waals surface area contributed by atoms with Crippen LogP contribution in [0.15, 0.2) is 47.6 Å². The lowest BCUT2D eigenvalue weighted by atomic mass is 10.1. The van der Waals surface area contributed by atoms with Crippen LogP contribution in [0, 0.1) is 20.8 Å². The molecule has 3 aromatic rings. The van der Waals surface area contributed by atoms with Crippen molar-refractivity contribution in [2.75, 3.05) is 11.1 Å². The SMILES string of the molecule is CCn1c(CNC(=O)c2cccc(C)c2)nnc1SCC(=O)Nc1cc(C)cc(C)c1. The third kappa shape index (κ3) is 6.18. The Morgan fingerprint density at radius 1 is 1.00 bits per heavy atom. The molecule has 0 aliphatic rings. The van der Waals surface area contributed by atoms with Crippen LogP contribution in [0.3, 0.4) is 0 Å². The van der Waals surface area contributed by atoms with Gasteiger partial charge in [0.25, 0.3) is 5.91 Å². The van der Waals surface area contributed by atoms with Crippen LogP contribution in [0.2, 0.25) is 0 Å². The molecule has 0 radical (unpaired) electrons. The van der Waals surface area contributed by atoms with E-state index < -0.39 is 0 Å². The van der Waals surface area contributed by atoms with Crippen molar-refractivity contribution in [1.82, 2.24) is 20.1 Å². The Morgan fingerprint density at radius 2 is 1.74 bits per heavy atom. The van der Waals surface area contributed by atoms with Crippen LogP contribution < -0.4 is 10.6 Å². The minimum atomic E-state index is -0.156. The van der Waals surface area contributed by atoms with Gasteiger partial charge in [0.1, 0.15) is 0 Å².